The van der Waals surface area contributed by atoms with Crippen LogP contribution in [0.15, 0.2) is 57.8 Å². The Labute approximate surface area is 202 Å². The summed E-state index contributed by atoms with van der Waals surface area (Å²) in [6.07, 6.45) is 0. The number of sulfonamides is 1. The molecule has 12 nitrogen and oxygen atoms in total. The maximum absolute atomic E-state index is 12.4. The average molecular weight is 523 g/mol. The minimum Gasteiger partial charge on any atom is -0.325 e. The number of hydrogen-bond donors (Lipinski definition) is 2. The zero-order chi connectivity index (χ0) is 24.9. The smallest absolute Gasteiger partial charge is 0.269 e. The molecule has 3 rings (SSSR count). The van der Waals surface area contributed by atoms with Gasteiger partial charge in [-0.2, -0.15) is 0 Å². The van der Waals surface area contributed by atoms with E-state index in [0.717, 1.165) is 27.4 Å². The highest BCUT2D eigenvalue weighted by Crippen LogP contribution is 2.26. The van der Waals surface area contributed by atoms with Crippen molar-refractivity contribution in [3.05, 3.63) is 64.2 Å². The van der Waals surface area contributed by atoms with Gasteiger partial charge in [-0.25, -0.2) is 12.7 Å². The van der Waals surface area contributed by atoms with Gasteiger partial charge in [-0.1, -0.05) is 23.1 Å². The summed E-state index contributed by atoms with van der Waals surface area (Å²) in [5.41, 5.74) is 0.584. The van der Waals surface area contributed by atoms with Gasteiger partial charge >= 0.3 is 0 Å². The zero-order valence-electron chi connectivity index (χ0n) is 17.8. The van der Waals surface area contributed by atoms with Crippen LogP contribution in [-0.4, -0.2) is 59.5 Å². The van der Waals surface area contributed by atoms with Gasteiger partial charge in [0.15, 0.2) is 4.34 Å². The number of non-ortho nitro benzene ring substituents is 1. The van der Waals surface area contributed by atoms with Crippen LogP contribution in [0.1, 0.15) is 10.4 Å². The second kappa shape index (κ2) is 10.7. The molecule has 0 radical (unpaired) electrons. The highest BCUT2D eigenvalue weighted by atomic mass is 32.2. The Morgan fingerprint density at radius 3 is 2.29 bits per heavy atom. The third kappa shape index (κ3) is 6.34. The number of rotatable bonds is 9. The number of carbonyl (C=O) groups is 2. The Kier molecular flexibility index (Phi) is 7.93. The molecule has 34 heavy (non-hydrogen) atoms. The highest BCUT2D eigenvalue weighted by Gasteiger charge is 2.18. The van der Waals surface area contributed by atoms with Crippen molar-refractivity contribution in [2.24, 2.45) is 0 Å². The number of amides is 2. The number of anilines is 2. The summed E-state index contributed by atoms with van der Waals surface area (Å²) >= 11 is 2.18. The van der Waals surface area contributed by atoms with Crippen LogP contribution in [0.5, 0.6) is 0 Å². The number of benzene rings is 2. The minimum atomic E-state index is -3.59. The number of nitrogens with zero attached hydrogens (tertiary/aromatic N) is 4. The summed E-state index contributed by atoms with van der Waals surface area (Å²) in [5.74, 6) is -0.814. The molecule has 15 heteroatoms. The minimum absolute atomic E-state index is 0.0153. The molecule has 3 aromatic rings. The lowest BCUT2D eigenvalue weighted by Gasteiger charge is -2.11. The first-order chi connectivity index (χ1) is 16.1. The lowest BCUT2D eigenvalue weighted by molar-refractivity contribution is -0.384. The molecular formula is C19H18N6O6S3. The second-order valence-electron chi connectivity index (χ2n) is 6.78. The van der Waals surface area contributed by atoms with Crippen molar-refractivity contribution in [3.8, 4) is 0 Å². The number of nitrogens with one attached hydrogen (secondary N) is 2. The van der Waals surface area contributed by atoms with E-state index in [2.05, 4.69) is 20.8 Å². The standard InChI is InChI=1S/C19H18N6O6S3/c1-24(2)34(30,31)15-9-3-12(4-10-15)17(27)21-18-22-23-19(33-18)32-11-16(26)20-13-5-7-14(8-6-13)25(28)29/h3-10H,11H2,1-2H3,(H,20,26)(H,21,22,27). The van der Waals surface area contributed by atoms with Crippen molar-refractivity contribution >= 4 is 61.4 Å². The fourth-order valence-corrected chi connectivity index (χ4v) is 4.92. The predicted octanol–water partition coefficient (Wildman–Crippen LogP) is 2.68. The summed E-state index contributed by atoms with van der Waals surface area (Å²) in [5, 5.41) is 23.9. The van der Waals surface area contributed by atoms with Gasteiger partial charge in [0, 0.05) is 37.5 Å². The van der Waals surface area contributed by atoms with Crippen LogP contribution in [0.25, 0.3) is 0 Å². The van der Waals surface area contributed by atoms with Crippen molar-refractivity contribution in [1.29, 1.82) is 0 Å². The number of nitro benzene ring substituents is 1. The van der Waals surface area contributed by atoms with Crippen LogP contribution in [-0.2, 0) is 14.8 Å². The van der Waals surface area contributed by atoms with Gasteiger partial charge in [0.25, 0.3) is 11.6 Å². The van der Waals surface area contributed by atoms with Gasteiger partial charge in [0.05, 0.1) is 15.6 Å². The molecule has 0 aliphatic heterocycles. The number of nitro groups is 1. The molecule has 0 bridgehead atoms. The van der Waals surface area contributed by atoms with E-state index in [1.54, 1.807) is 0 Å². The summed E-state index contributed by atoms with van der Waals surface area (Å²) in [4.78, 5) is 34.7. The van der Waals surface area contributed by atoms with E-state index < -0.39 is 20.9 Å². The molecule has 2 N–H and O–H groups in total. The molecule has 2 amide bonds. The molecule has 2 aromatic carbocycles. The Morgan fingerprint density at radius 2 is 1.71 bits per heavy atom. The molecule has 0 fully saturated rings. The SMILES string of the molecule is CN(C)S(=O)(=O)c1ccc(C(=O)Nc2nnc(SCC(=O)Nc3ccc([N+](=O)[O-])cc3)s2)cc1. The first kappa shape index (κ1) is 25.2. The van der Waals surface area contributed by atoms with Crippen molar-refractivity contribution in [1.82, 2.24) is 14.5 Å². The number of carbonyl (C=O) groups excluding carboxylic acids is 2. The van der Waals surface area contributed by atoms with Crippen molar-refractivity contribution in [2.45, 2.75) is 9.24 Å². The van der Waals surface area contributed by atoms with E-state index in [1.165, 1.54) is 62.6 Å². The van der Waals surface area contributed by atoms with Crippen molar-refractivity contribution in [2.75, 3.05) is 30.5 Å². The second-order valence-corrected chi connectivity index (χ2v) is 11.1. The molecule has 0 atom stereocenters. The lowest BCUT2D eigenvalue weighted by Crippen LogP contribution is -2.22. The summed E-state index contributed by atoms with van der Waals surface area (Å²) in [6, 6.07) is 10.9. The molecule has 178 valence electrons. The topological polar surface area (TPSA) is 165 Å². The maximum atomic E-state index is 12.4. The normalized spacial score (nSPS) is 11.3. The summed E-state index contributed by atoms with van der Waals surface area (Å²) in [7, 11) is -0.761. The van der Waals surface area contributed by atoms with Gasteiger partial charge in [0.1, 0.15) is 0 Å². The van der Waals surface area contributed by atoms with Crippen LogP contribution in [0, 0.1) is 10.1 Å². The van der Waals surface area contributed by atoms with Crippen LogP contribution >= 0.6 is 23.1 Å². The Bertz CT molecular complexity index is 1310. The largest absolute Gasteiger partial charge is 0.325 e. The predicted molar refractivity (Wildman–Crippen MR) is 128 cm³/mol. The number of hydrogen-bond acceptors (Lipinski definition) is 10. The Balaban J connectivity index is 1.52. The molecular weight excluding hydrogens is 504 g/mol. The van der Waals surface area contributed by atoms with Crippen molar-refractivity contribution < 1.29 is 22.9 Å². The first-order valence-corrected chi connectivity index (χ1v) is 12.6. The fourth-order valence-electron chi connectivity index (χ4n) is 2.47. The molecule has 0 saturated heterocycles. The molecule has 0 aliphatic rings. The third-order valence-electron chi connectivity index (χ3n) is 4.21. The quantitative estimate of drug-likeness (QED) is 0.186. The van der Waals surface area contributed by atoms with Gasteiger partial charge in [-0.05, 0) is 36.4 Å². The number of thioether (sulfide) groups is 1. The molecule has 0 unspecified atom stereocenters. The highest BCUT2D eigenvalue weighted by molar-refractivity contribution is 8.01. The van der Waals surface area contributed by atoms with E-state index in [1.807, 2.05) is 0 Å². The van der Waals surface area contributed by atoms with E-state index in [4.69, 9.17) is 0 Å². The van der Waals surface area contributed by atoms with E-state index in [9.17, 15) is 28.1 Å². The first-order valence-electron chi connectivity index (χ1n) is 9.41. The number of aromatic nitrogens is 2. The van der Waals surface area contributed by atoms with E-state index in [0.29, 0.717) is 10.0 Å². The van der Waals surface area contributed by atoms with Gasteiger partial charge in [-0.3, -0.25) is 25.0 Å². The van der Waals surface area contributed by atoms with E-state index in [-0.39, 0.29) is 32.9 Å². The summed E-state index contributed by atoms with van der Waals surface area (Å²) < 4.78 is 25.7. The lowest BCUT2D eigenvalue weighted by atomic mass is 10.2. The monoisotopic (exact) mass is 522 g/mol. The summed E-state index contributed by atoms with van der Waals surface area (Å²) in [6.45, 7) is 0. The molecule has 0 saturated carbocycles. The molecule has 0 aliphatic carbocycles. The van der Waals surface area contributed by atoms with Gasteiger partial charge in [0.2, 0.25) is 21.1 Å². The van der Waals surface area contributed by atoms with Crippen molar-refractivity contribution in [3.63, 3.8) is 0 Å². The van der Waals surface area contributed by atoms with Crippen LogP contribution in [0.3, 0.4) is 0 Å². The Morgan fingerprint density at radius 1 is 1.06 bits per heavy atom. The Hall–Kier alpha value is -3.40. The van der Waals surface area contributed by atoms with E-state index >= 15 is 0 Å². The van der Waals surface area contributed by atoms with Crippen LogP contribution in [0.4, 0.5) is 16.5 Å². The van der Waals surface area contributed by atoms with Crippen LogP contribution < -0.4 is 10.6 Å². The van der Waals surface area contributed by atoms with Gasteiger partial charge in [-0.15, -0.1) is 10.2 Å². The molecule has 1 heterocycles. The molecule has 1 aromatic heterocycles. The third-order valence-corrected chi connectivity index (χ3v) is 8.01. The van der Waals surface area contributed by atoms with Crippen LogP contribution in [0.2, 0.25) is 0 Å². The fraction of sp³-hybridized carbons (Fsp3) is 0.158. The van der Waals surface area contributed by atoms with Gasteiger partial charge < -0.3 is 5.32 Å². The maximum Gasteiger partial charge on any atom is 0.269 e. The zero-order valence-corrected chi connectivity index (χ0v) is 20.2. The molecule has 0 spiro atoms. The average Bonchev–Trinajstić information content (AvgIpc) is 3.25.